The zero-order valence-corrected chi connectivity index (χ0v) is 20.9. The van der Waals surface area contributed by atoms with Crippen molar-refractivity contribution >= 4 is 27.3 Å². The number of anilines is 2. The molecular weight excluding hydrogens is 454 g/mol. The Morgan fingerprint density at radius 3 is 2.35 bits per heavy atom. The number of amides is 1. The first-order chi connectivity index (χ1) is 16.1. The standard InChI is InChI=1S/C25H31N3O5S/c1-18(2)16-28(25(29)24-7-6-14-33-24)17-19-15-20(8-13-23(19)27(3)4)26-34(30,31)22-11-9-21(32-5)10-12-22/h6-15,18,26H,16-17H2,1-5H3. The minimum Gasteiger partial charge on any atom is -0.497 e. The first-order valence-electron chi connectivity index (χ1n) is 10.9. The van der Waals surface area contributed by atoms with Gasteiger partial charge in [-0.05, 0) is 66.1 Å². The molecule has 0 aliphatic rings. The molecule has 8 nitrogen and oxygen atoms in total. The van der Waals surface area contributed by atoms with Crippen LogP contribution in [0.25, 0.3) is 0 Å². The number of hydrogen-bond acceptors (Lipinski definition) is 6. The lowest BCUT2D eigenvalue weighted by atomic mass is 10.1. The minimum atomic E-state index is -3.80. The predicted molar refractivity (Wildman–Crippen MR) is 133 cm³/mol. The molecule has 0 spiro atoms. The summed E-state index contributed by atoms with van der Waals surface area (Å²) >= 11 is 0. The van der Waals surface area contributed by atoms with E-state index in [1.54, 1.807) is 41.3 Å². The van der Waals surface area contributed by atoms with Gasteiger partial charge in [0, 0.05) is 38.6 Å². The summed E-state index contributed by atoms with van der Waals surface area (Å²) in [6.45, 7) is 4.89. The summed E-state index contributed by atoms with van der Waals surface area (Å²) in [4.78, 5) is 16.8. The highest BCUT2D eigenvalue weighted by Crippen LogP contribution is 2.27. The third kappa shape index (κ3) is 6.11. The third-order valence-corrected chi connectivity index (χ3v) is 6.55. The number of furan rings is 1. The summed E-state index contributed by atoms with van der Waals surface area (Å²) in [6, 6.07) is 14.8. The second-order valence-corrected chi connectivity index (χ2v) is 10.3. The van der Waals surface area contributed by atoms with Gasteiger partial charge in [-0.25, -0.2) is 8.42 Å². The van der Waals surface area contributed by atoms with Gasteiger partial charge < -0.3 is 19.0 Å². The summed E-state index contributed by atoms with van der Waals surface area (Å²) in [6.07, 6.45) is 1.47. The van der Waals surface area contributed by atoms with Crippen LogP contribution in [0.3, 0.4) is 0 Å². The maximum atomic E-state index is 13.1. The van der Waals surface area contributed by atoms with Crippen molar-refractivity contribution in [1.82, 2.24) is 4.90 Å². The Morgan fingerprint density at radius 1 is 1.09 bits per heavy atom. The molecule has 1 amide bonds. The fourth-order valence-electron chi connectivity index (χ4n) is 3.60. The van der Waals surface area contributed by atoms with E-state index < -0.39 is 10.0 Å². The van der Waals surface area contributed by atoms with Crippen LogP contribution in [-0.2, 0) is 16.6 Å². The number of hydrogen-bond donors (Lipinski definition) is 1. The van der Waals surface area contributed by atoms with Gasteiger partial charge >= 0.3 is 0 Å². The van der Waals surface area contributed by atoms with E-state index in [9.17, 15) is 13.2 Å². The van der Waals surface area contributed by atoms with Gasteiger partial charge in [0.2, 0.25) is 0 Å². The van der Waals surface area contributed by atoms with E-state index in [-0.39, 0.29) is 22.5 Å². The van der Waals surface area contributed by atoms with E-state index >= 15 is 0 Å². The summed E-state index contributed by atoms with van der Waals surface area (Å²) in [5.74, 6) is 0.859. The van der Waals surface area contributed by atoms with E-state index in [1.165, 1.54) is 25.5 Å². The Bertz CT molecular complexity index is 1200. The SMILES string of the molecule is COc1ccc(S(=O)(=O)Nc2ccc(N(C)C)c(CN(CC(C)C)C(=O)c3ccco3)c2)cc1. The molecule has 3 rings (SSSR count). The minimum absolute atomic E-state index is 0.126. The van der Waals surface area contributed by atoms with E-state index in [0.717, 1.165) is 11.3 Å². The molecule has 0 aliphatic heterocycles. The molecule has 1 aromatic heterocycles. The molecule has 0 fully saturated rings. The average molecular weight is 486 g/mol. The smallest absolute Gasteiger partial charge is 0.289 e. The van der Waals surface area contributed by atoms with Gasteiger partial charge in [-0.1, -0.05) is 13.8 Å². The number of methoxy groups -OCH3 is 1. The highest BCUT2D eigenvalue weighted by Gasteiger charge is 2.22. The first-order valence-corrected chi connectivity index (χ1v) is 12.4. The zero-order valence-electron chi connectivity index (χ0n) is 20.1. The number of ether oxygens (including phenoxy) is 1. The van der Waals surface area contributed by atoms with Gasteiger partial charge in [-0.2, -0.15) is 0 Å². The second kappa shape index (κ2) is 10.6. The Morgan fingerprint density at radius 2 is 1.79 bits per heavy atom. The molecule has 9 heteroatoms. The van der Waals surface area contributed by atoms with Crippen molar-refractivity contribution in [2.24, 2.45) is 5.92 Å². The van der Waals surface area contributed by atoms with Crippen LogP contribution in [0, 0.1) is 5.92 Å². The van der Waals surface area contributed by atoms with Crippen molar-refractivity contribution < 1.29 is 22.4 Å². The Hall–Kier alpha value is -3.46. The predicted octanol–water partition coefficient (Wildman–Crippen LogP) is 4.45. The third-order valence-electron chi connectivity index (χ3n) is 5.15. The molecule has 0 saturated heterocycles. The lowest BCUT2D eigenvalue weighted by Gasteiger charge is -2.27. The molecule has 2 aromatic carbocycles. The van der Waals surface area contributed by atoms with Crippen molar-refractivity contribution in [2.45, 2.75) is 25.3 Å². The second-order valence-electron chi connectivity index (χ2n) is 8.58. The highest BCUT2D eigenvalue weighted by atomic mass is 32.2. The molecule has 1 N–H and O–H groups in total. The van der Waals surface area contributed by atoms with Crippen LogP contribution in [-0.4, -0.2) is 47.0 Å². The molecule has 0 atom stereocenters. The van der Waals surface area contributed by atoms with Crippen molar-refractivity contribution in [1.29, 1.82) is 0 Å². The number of carbonyl (C=O) groups is 1. The number of rotatable bonds is 10. The number of nitrogens with zero attached hydrogens (tertiary/aromatic N) is 2. The number of nitrogens with one attached hydrogen (secondary N) is 1. The van der Waals surface area contributed by atoms with Gasteiger partial charge in [-0.3, -0.25) is 9.52 Å². The summed E-state index contributed by atoms with van der Waals surface area (Å²) < 4.78 is 38.9. The lowest BCUT2D eigenvalue weighted by molar-refractivity contribution is 0.0690. The van der Waals surface area contributed by atoms with Gasteiger partial charge in [0.1, 0.15) is 5.75 Å². The van der Waals surface area contributed by atoms with E-state index in [4.69, 9.17) is 9.15 Å². The normalized spacial score (nSPS) is 11.4. The van der Waals surface area contributed by atoms with Crippen LogP contribution in [0.4, 0.5) is 11.4 Å². The maximum Gasteiger partial charge on any atom is 0.289 e. The molecule has 1 heterocycles. The Kier molecular flexibility index (Phi) is 7.88. The Balaban J connectivity index is 1.92. The molecule has 0 radical (unpaired) electrons. The molecule has 3 aromatic rings. The van der Waals surface area contributed by atoms with Gasteiger partial charge in [0.05, 0.1) is 18.3 Å². The zero-order chi connectivity index (χ0) is 24.9. The van der Waals surface area contributed by atoms with Crippen molar-refractivity contribution in [2.75, 3.05) is 37.4 Å². The summed E-state index contributed by atoms with van der Waals surface area (Å²) in [7, 11) is 1.53. The van der Waals surface area contributed by atoms with Gasteiger partial charge in [0.25, 0.3) is 15.9 Å². The van der Waals surface area contributed by atoms with E-state index in [0.29, 0.717) is 24.5 Å². The quantitative estimate of drug-likeness (QED) is 0.456. The Labute approximate surface area is 201 Å². The fraction of sp³-hybridized carbons (Fsp3) is 0.320. The monoisotopic (exact) mass is 485 g/mol. The van der Waals surface area contributed by atoms with Crippen molar-refractivity contribution in [3.63, 3.8) is 0 Å². The molecule has 34 heavy (non-hydrogen) atoms. The number of sulfonamides is 1. The highest BCUT2D eigenvalue weighted by molar-refractivity contribution is 7.92. The van der Waals surface area contributed by atoms with Crippen LogP contribution >= 0.6 is 0 Å². The van der Waals surface area contributed by atoms with Crippen molar-refractivity contribution in [3.05, 3.63) is 72.2 Å². The molecule has 0 unspecified atom stereocenters. The number of benzene rings is 2. The van der Waals surface area contributed by atoms with Crippen LogP contribution in [0.15, 0.2) is 70.2 Å². The average Bonchev–Trinajstić information content (AvgIpc) is 3.32. The van der Waals surface area contributed by atoms with Crippen LogP contribution in [0.1, 0.15) is 30.0 Å². The van der Waals surface area contributed by atoms with Crippen molar-refractivity contribution in [3.8, 4) is 5.75 Å². The topological polar surface area (TPSA) is 92.1 Å². The van der Waals surface area contributed by atoms with Crippen LogP contribution in [0.5, 0.6) is 5.75 Å². The lowest BCUT2D eigenvalue weighted by Crippen LogP contribution is -2.34. The molecule has 0 bridgehead atoms. The molecular formula is C25H31N3O5S. The van der Waals surface area contributed by atoms with Gasteiger partial charge in [-0.15, -0.1) is 0 Å². The fourth-order valence-corrected chi connectivity index (χ4v) is 4.65. The molecule has 0 aliphatic carbocycles. The van der Waals surface area contributed by atoms with Gasteiger partial charge in [0.15, 0.2) is 5.76 Å². The molecule has 182 valence electrons. The van der Waals surface area contributed by atoms with E-state index in [2.05, 4.69) is 4.72 Å². The van der Waals surface area contributed by atoms with Crippen LogP contribution in [0.2, 0.25) is 0 Å². The number of carbonyl (C=O) groups excluding carboxylic acids is 1. The van der Waals surface area contributed by atoms with E-state index in [1.807, 2.05) is 38.9 Å². The summed E-state index contributed by atoms with van der Waals surface area (Å²) in [5.41, 5.74) is 2.10. The van der Waals surface area contributed by atoms with Crippen LogP contribution < -0.4 is 14.4 Å². The first kappa shape index (κ1) is 25.2. The largest absolute Gasteiger partial charge is 0.497 e. The summed E-state index contributed by atoms with van der Waals surface area (Å²) in [5, 5.41) is 0. The maximum absolute atomic E-state index is 13.1. The molecule has 0 saturated carbocycles.